The number of nitrogens with one attached hydrogen (secondary N) is 1. The van der Waals surface area contributed by atoms with E-state index in [4.69, 9.17) is 0 Å². The zero-order valence-corrected chi connectivity index (χ0v) is 14.5. The van der Waals surface area contributed by atoms with Crippen LogP contribution in [0.4, 0.5) is 0 Å². The third kappa shape index (κ3) is 4.84. The number of aromatic nitrogens is 2. The third-order valence-electron chi connectivity index (χ3n) is 4.68. The minimum Gasteiger partial charge on any atom is -0.312 e. The van der Waals surface area contributed by atoms with Crippen molar-refractivity contribution in [2.75, 3.05) is 6.54 Å². The van der Waals surface area contributed by atoms with Crippen LogP contribution in [0.3, 0.4) is 0 Å². The number of rotatable bonds is 5. The van der Waals surface area contributed by atoms with Crippen LogP contribution in [0.5, 0.6) is 0 Å². The van der Waals surface area contributed by atoms with E-state index >= 15 is 0 Å². The topological polar surface area (TPSA) is 29.9 Å². The molecule has 21 heavy (non-hydrogen) atoms. The van der Waals surface area contributed by atoms with Crippen molar-refractivity contribution in [1.82, 2.24) is 15.1 Å². The van der Waals surface area contributed by atoms with Crippen LogP contribution in [-0.2, 0) is 6.54 Å². The molecule has 1 fully saturated rings. The van der Waals surface area contributed by atoms with Crippen LogP contribution in [0, 0.1) is 11.8 Å². The van der Waals surface area contributed by atoms with E-state index in [-0.39, 0.29) is 5.54 Å². The van der Waals surface area contributed by atoms with E-state index < -0.39 is 0 Å². The Morgan fingerprint density at radius 2 is 2.10 bits per heavy atom. The Labute approximate surface area is 130 Å². The molecule has 0 radical (unpaired) electrons. The van der Waals surface area contributed by atoms with E-state index in [9.17, 15) is 0 Å². The zero-order valence-electron chi connectivity index (χ0n) is 14.5. The first-order valence-electron chi connectivity index (χ1n) is 8.66. The molecule has 1 N–H and O–H groups in total. The average molecular weight is 291 g/mol. The minimum absolute atomic E-state index is 0.208. The van der Waals surface area contributed by atoms with Crippen molar-refractivity contribution in [1.29, 1.82) is 0 Å². The first-order chi connectivity index (χ1) is 9.89. The predicted octanol–water partition coefficient (Wildman–Crippen LogP) is 4.20. The Balaban J connectivity index is 2.06. The second-order valence-electron chi connectivity index (χ2n) is 7.95. The lowest BCUT2D eigenvalue weighted by Gasteiger charge is -2.36. The lowest BCUT2D eigenvalue weighted by atomic mass is 9.72. The Hall–Kier alpha value is -0.830. The van der Waals surface area contributed by atoms with Crippen molar-refractivity contribution < 1.29 is 0 Å². The van der Waals surface area contributed by atoms with Gasteiger partial charge in [-0.25, -0.2) is 0 Å². The van der Waals surface area contributed by atoms with Crippen molar-refractivity contribution in [3.63, 3.8) is 0 Å². The predicted molar refractivity (Wildman–Crippen MR) is 89.5 cm³/mol. The van der Waals surface area contributed by atoms with Crippen LogP contribution in [0.1, 0.15) is 71.8 Å². The van der Waals surface area contributed by atoms with Crippen molar-refractivity contribution in [3.05, 3.63) is 18.0 Å². The molecular weight excluding hydrogens is 258 g/mol. The molecule has 3 atom stereocenters. The van der Waals surface area contributed by atoms with Gasteiger partial charge in [0.1, 0.15) is 0 Å². The summed E-state index contributed by atoms with van der Waals surface area (Å²) in [5.41, 5.74) is 1.66. The Bertz CT molecular complexity index is 430. The number of hydrogen-bond acceptors (Lipinski definition) is 2. The summed E-state index contributed by atoms with van der Waals surface area (Å²) in [4.78, 5) is 0. The maximum atomic E-state index is 4.55. The fraction of sp³-hybridized carbons (Fsp3) is 0.833. The van der Waals surface area contributed by atoms with E-state index in [0.717, 1.165) is 31.3 Å². The van der Waals surface area contributed by atoms with Crippen LogP contribution in [0.25, 0.3) is 0 Å². The maximum absolute atomic E-state index is 4.55. The maximum Gasteiger partial charge on any atom is 0.0524 e. The largest absolute Gasteiger partial charge is 0.312 e. The highest BCUT2D eigenvalue weighted by atomic mass is 15.3. The summed E-state index contributed by atoms with van der Waals surface area (Å²) >= 11 is 0. The van der Waals surface area contributed by atoms with Gasteiger partial charge in [-0.1, -0.05) is 20.3 Å². The van der Waals surface area contributed by atoms with Crippen molar-refractivity contribution in [2.24, 2.45) is 11.8 Å². The summed E-state index contributed by atoms with van der Waals surface area (Å²) in [5, 5.41) is 8.26. The first-order valence-corrected chi connectivity index (χ1v) is 8.66. The molecule has 1 saturated carbocycles. The van der Waals surface area contributed by atoms with Gasteiger partial charge in [-0.3, -0.25) is 4.68 Å². The van der Waals surface area contributed by atoms with Gasteiger partial charge < -0.3 is 5.32 Å². The summed E-state index contributed by atoms with van der Waals surface area (Å²) in [6.07, 6.45) is 9.58. The fourth-order valence-corrected chi connectivity index (χ4v) is 3.46. The molecule has 3 heteroatoms. The molecule has 0 saturated heterocycles. The van der Waals surface area contributed by atoms with Gasteiger partial charge in [0.2, 0.25) is 0 Å². The van der Waals surface area contributed by atoms with E-state index in [0.29, 0.717) is 5.92 Å². The van der Waals surface area contributed by atoms with Crippen molar-refractivity contribution in [3.8, 4) is 0 Å². The molecule has 120 valence electrons. The van der Waals surface area contributed by atoms with E-state index in [1.165, 1.54) is 24.8 Å². The zero-order chi connectivity index (χ0) is 15.5. The van der Waals surface area contributed by atoms with Gasteiger partial charge in [0.05, 0.1) is 6.20 Å². The summed E-state index contributed by atoms with van der Waals surface area (Å²) in [6, 6.07) is 0. The number of nitrogens with zero attached hydrogens (tertiary/aromatic N) is 2. The molecule has 0 spiro atoms. The molecule has 3 nitrogen and oxygen atoms in total. The third-order valence-corrected chi connectivity index (χ3v) is 4.68. The highest BCUT2D eigenvalue weighted by Gasteiger charge is 2.31. The van der Waals surface area contributed by atoms with Gasteiger partial charge in [0, 0.05) is 18.3 Å². The smallest absolute Gasteiger partial charge is 0.0524 e. The van der Waals surface area contributed by atoms with E-state index in [1.807, 2.05) is 0 Å². The normalized spacial score (nSPS) is 27.0. The standard InChI is InChI=1S/C18H33N3/c1-6-9-21-13-16(12-20-21)17-10-14(2)7-8-15(17)11-19-18(3,4)5/h12-15,17,19H,6-11H2,1-5H3. The molecule has 0 aliphatic heterocycles. The molecule has 1 aromatic heterocycles. The van der Waals surface area contributed by atoms with Gasteiger partial charge in [-0.2, -0.15) is 5.10 Å². The molecule has 1 heterocycles. The van der Waals surface area contributed by atoms with Gasteiger partial charge in [0.25, 0.3) is 0 Å². The molecule has 0 bridgehead atoms. The molecule has 1 aliphatic rings. The summed E-state index contributed by atoms with van der Waals surface area (Å²) in [6.45, 7) is 13.5. The lowest BCUT2D eigenvalue weighted by molar-refractivity contribution is 0.227. The first kappa shape index (κ1) is 16.5. The van der Waals surface area contributed by atoms with Crippen LogP contribution >= 0.6 is 0 Å². The minimum atomic E-state index is 0.208. The Morgan fingerprint density at radius 3 is 2.76 bits per heavy atom. The fourth-order valence-electron chi connectivity index (χ4n) is 3.46. The monoisotopic (exact) mass is 291 g/mol. The van der Waals surface area contributed by atoms with Gasteiger partial charge >= 0.3 is 0 Å². The SMILES string of the molecule is CCCn1cc(C2CC(C)CCC2CNC(C)(C)C)cn1. The Morgan fingerprint density at radius 1 is 1.33 bits per heavy atom. The highest BCUT2D eigenvalue weighted by Crippen LogP contribution is 2.40. The van der Waals surface area contributed by atoms with Crippen LogP contribution in [0.2, 0.25) is 0 Å². The van der Waals surface area contributed by atoms with Crippen molar-refractivity contribution >= 4 is 0 Å². The van der Waals surface area contributed by atoms with Gasteiger partial charge in [-0.15, -0.1) is 0 Å². The molecule has 2 rings (SSSR count). The van der Waals surface area contributed by atoms with Gasteiger partial charge in [0.15, 0.2) is 0 Å². The van der Waals surface area contributed by atoms with Gasteiger partial charge in [-0.05, 0) is 69.9 Å². The summed E-state index contributed by atoms with van der Waals surface area (Å²) < 4.78 is 2.11. The van der Waals surface area contributed by atoms with Crippen LogP contribution in [-0.4, -0.2) is 21.9 Å². The second kappa shape index (κ2) is 6.95. The van der Waals surface area contributed by atoms with Crippen molar-refractivity contribution in [2.45, 2.75) is 78.3 Å². The van der Waals surface area contributed by atoms with E-state index in [1.54, 1.807) is 0 Å². The number of aryl methyl sites for hydroxylation is 1. The lowest BCUT2D eigenvalue weighted by Crippen LogP contribution is -2.41. The molecule has 0 aromatic carbocycles. The molecule has 1 aliphatic carbocycles. The quantitative estimate of drug-likeness (QED) is 0.881. The van der Waals surface area contributed by atoms with Crippen LogP contribution in [0.15, 0.2) is 12.4 Å². The highest BCUT2D eigenvalue weighted by molar-refractivity contribution is 5.14. The van der Waals surface area contributed by atoms with Crippen LogP contribution < -0.4 is 5.32 Å². The average Bonchev–Trinajstić information content (AvgIpc) is 2.85. The Kier molecular flexibility index (Phi) is 5.48. The van der Waals surface area contributed by atoms with E-state index in [2.05, 4.69) is 62.1 Å². The molecular formula is C18H33N3. The number of hydrogen-bond donors (Lipinski definition) is 1. The second-order valence-corrected chi connectivity index (χ2v) is 7.95. The summed E-state index contributed by atoms with van der Waals surface area (Å²) in [5.74, 6) is 2.27. The molecule has 3 unspecified atom stereocenters. The summed E-state index contributed by atoms with van der Waals surface area (Å²) in [7, 11) is 0. The molecule has 0 amide bonds. The molecule has 1 aromatic rings.